The zero-order chi connectivity index (χ0) is 15.0. The molecule has 0 spiro atoms. The number of aryl methyl sites for hydroxylation is 3. The van der Waals surface area contributed by atoms with Crippen molar-refractivity contribution in [3.05, 3.63) is 51.9 Å². The lowest BCUT2D eigenvalue weighted by Gasteiger charge is -2.18. The number of hydrogen-bond donors (Lipinski definition) is 1. The monoisotopic (exact) mass is 282 g/mol. The highest BCUT2D eigenvalue weighted by Gasteiger charge is 2.22. The summed E-state index contributed by atoms with van der Waals surface area (Å²) in [7, 11) is 1.64. The predicted molar refractivity (Wildman–Crippen MR) is 81.7 cm³/mol. The van der Waals surface area contributed by atoms with Crippen LogP contribution in [0.25, 0.3) is 6.08 Å². The van der Waals surface area contributed by atoms with E-state index >= 15 is 0 Å². The molecular formula is C17H18N2O2. The Morgan fingerprint density at radius 2 is 2.10 bits per heavy atom. The van der Waals surface area contributed by atoms with Crippen molar-refractivity contribution in [2.75, 3.05) is 7.11 Å². The van der Waals surface area contributed by atoms with Gasteiger partial charge in [-0.15, -0.1) is 0 Å². The summed E-state index contributed by atoms with van der Waals surface area (Å²) in [6, 6.07) is 5.66. The van der Waals surface area contributed by atoms with Gasteiger partial charge in [0.2, 0.25) is 0 Å². The molecule has 108 valence electrons. The number of carbonyl (C=O) groups excluding carboxylic acids is 1. The molecular weight excluding hydrogens is 264 g/mol. The van der Waals surface area contributed by atoms with Crippen molar-refractivity contribution in [1.82, 2.24) is 10.2 Å². The topological polar surface area (TPSA) is 55.0 Å². The number of ether oxygens (including phenoxy) is 1. The number of hydrogen-bond acceptors (Lipinski definition) is 3. The highest BCUT2D eigenvalue weighted by Crippen LogP contribution is 2.30. The normalized spacial score (nSPS) is 16.1. The fourth-order valence-electron chi connectivity index (χ4n) is 2.77. The van der Waals surface area contributed by atoms with Crippen LogP contribution >= 0.6 is 0 Å². The van der Waals surface area contributed by atoms with Crippen LogP contribution in [0.5, 0.6) is 5.75 Å². The minimum Gasteiger partial charge on any atom is -0.497 e. The number of H-pyrrole nitrogens is 1. The Morgan fingerprint density at radius 3 is 2.76 bits per heavy atom. The van der Waals surface area contributed by atoms with Gasteiger partial charge in [-0.25, -0.2) is 0 Å². The first-order valence-electron chi connectivity index (χ1n) is 7.04. The fourth-order valence-corrected chi connectivity index (χ4v) is 2.77. The molecule has 1 N–H and O–H groups in total. The van der Waals surface area contributed by atoms with Crippen molar-refractivity contribution in [1.29, 1.82) is 0 Å². The van der Waals surface area contributed by atoms with Crippen molar-refractivity contribution >= 4 is 11.9 Å². The second kappa shape index (κ2) is 5.20. The molecule has 0 saturated carbocycles. The van der Waals surface area contributed by atoms with E-state index in [2.05, 4.69) is 10.2 Å². The Balaban J connectivity index is 1.99. The Labute approximate surface area is 123 Å². The SMILES string of the molecule is COc1ccc2c(c1)CCC(=Cc1c(C)n[nH]c1C)C2=O. The van der Waals surface area contributed by atoms with Gasteiger partial charge in [0.25, 0.3) is 0 Å². The van der Waals surface area contributed by atoms with Crippen molar-refractivity contribution in [3.63, 3.8) is 0 Å². The zero-order valence-corrected chi connectivity index (χ0v) is 12.5. The Morgan fingerprint density at radius 1 is 1.29 bits per heavy atom. The molecule has 1 aromatic carbocycles. The summed E-state index contributed by atoms with van der Waals surface area (Å²) >= 11 is 0. The molecule has 0 aliphatic heterocycles. The maximum absolute atomic E-state index is 12.6. The van der Waals surface area contributed by atoms with Gasteiger partial charge in [-0.1, -0.05) is 0 Å². The van der Waals surface area contributed by atoms with Crippen LogP contribution in [0.15, 0.2) is 23.8 Å². The summed E-state index contributed by atoms with van der Waals surface area (Å²) in [6.07, 6.45) is 3.59. The number of carbonyl (C=O) groups is 1. The molecule has 21 heavy (non-hydrogen) atoms. The minimum absolute atomic E-state index is 0.110. The van der Waals surface area contributed by atoms with E-state index in [1.165, 1.54) is 0 Å². The number of fused-ring (bicyclic) bond motifs is 1. The third kappa shape index (κ3) is 2.37. The van der Waals surface area contributed by atoms with E-state index < -0.39 is 0 Å². The van der Waals surface area contributed by atoms with Crippen molar-refractivity contribution in [3.8, 4) is 5.75 Å². The molecule has 1 heterocycles. The van der Waals surface area contributed by atoms with Gasteiger partial charge in [0.1, 0.15) is 5.75 Å². The summed E-state index contributed by atoms with van der Waals surface area (Å²) in [5, 5.41) is 7.13. The van der Waals surface area contributed by atoms with E-state index in [4.69, 9.17) is 4.74 Å². The lowest BCUT2D eigenvalue weighted by Crippen LogP contribution is -2.14. The number of nitrogens with one attached hydrogen (secondary N) is 1. The summed E-state index contributed by atoms with van der Waals surface area (Å²) in [5.41, 5.74) is 5.64. The Bertz CT molecular complexity index is 722. The largest absolute Gasteiger partial charge is 0.497 e. The fraction of sp³-hybridized carbons (Fsp3) is 0.294. The van der Waals surface area contributed by atoms with Crippen LogP contribution in [0.2, 0.25) is 0 Å². The molecule has 3 rings (SSSR count). The molecule has 0 saturated heterocycles. The van der Waals surface area contributed by atoms with Gasteiger partial charge in [0.15, 0.2) is 5.78 Å². The minimum atomic E-state index is 0.110. The Kier molecular flexibility index (Phi) is 3.37. The average molecular weight is 282 g/mol. The smallest absolute Gasteiger partial charge is 0.189 e. The summed E-state index contributed by atoms with van der Waals surface area (Å²) in [4.78, 5) is 12.6. The molecule has 0 radical (unpaired) electrons. The number of aromatic amines is 1. The van der Waals surface area contributed by atoms with Gasteiger partial charge < -0.3 is 4.74 Å². The number of aromatic nitrogens is 2. The maximum atomic E-state index is 12.6. The van der Waals surface area contributed by atoms with E-state index in [9.17, 15) is 4.79 Å². The van der Waals surface area contributed by atoms with Crippen LogP contribution in [0.4, 0.5) is 0 Å². The number of benzene rings is 1. The number of ketones is 1. The quantitative estimate of drug-likeness (QED) is 0.860. The summed E-state index contributed by atoms with van der Waals surface area (Å²) in [5.74, 6) is 0.911. The van der Waals surface area contributed by atoms with Crippen molar-refractivity contribution < 1.29 is 9.53 Å². The van der Waals surface area contributed by atoms with Gasteiger partial charge in [0.05, 0.1) is 12.8 Å². The predicted octanol–water partition coefficient (Wildman–Crippen LogP) is 3.25. The molecule has 0 bridgehead atoms. The van der Waals surface area contributed by atoms with Crippen LogP contribution in [-0.2, 0) is 6.42 Å². The second-order valence-corrected chi connectivity index (χ2v) is 5.37. The first-order valence-corrected chi connectivity index (χ1v) is 7.04. The molecule has 0 amide bonds. The molecule has 0 unspecified atom stereocenters. The van der Waals surface area contributed by atoms with Gasteiger partial charge >= 0.3 is 0 Å². The molecule has 0 atom stereocenters. The van der Waals surface area contributed by atoms with Crippen LogP contribution < -0.4 is 4.74 Å². The van der Waals surface area contributed by atoms with Gasteiger partial charge in [0, 0.05) is 22.4 Å². The lowest BCUT2D eigenvalue weighted by atomic mass is 9.85. The van der Waals surface area contributed by atoms with E-state index in [0.29, 0.717) is 0 Å². The average Bonchev–Trinajstić information content (AvgIpc) is 2.81. The molecule has 4 heteroatoms. The number of allylic oxidation sites excluding steroid dienone is 1. The second-order valence-electron chi connectivity index (χ2n) is 5.37. The van der Waals surface area contributed by atoms with E-state index in [1.807, 2.05) is 38.1 Å². The highest BCUT2D eigenvalue weighted by atomic mass is 16.5. The number of Topliss-reactive ketones (excluding diaryl/α,β-unsaturated/α-hetero) is 1. The van der Waals surface area contributed by atoms with Crippen LogP contribution in [-0.4, -0.2) is 23.1 Å². The van der Waals surface area contributed by atoms with Crippen molar-refractivity contribution in [2.45, 2.75) is 26.7 Å². The number of methoxy groups -OCH3 is 1. The van der Waals surface area contributed by atoms with E-state index in [0.717, 1.165) is 52.2 Å². The molecule has 0 fully saturated rings. The number of nitrogens with zero attached hydrogens (tertiary/aromatic N) is 1. The zero-order valence-electron chi connectivity index (χ0n) is 12.5. The summed E-state index contributed by atoms with van der Waals surface area (Å²) in [6.45, 7) is 3.92. The molecule has 1 aromatic heterocycles. The summed E-state index contributed by atoms with van der Waals surface area (Å²) < 4.78 is 5.22. The molecule has 2 aromatic rings. The van der Waals surface area contributed by atoms with Gasteiger partial charge in [-0.2, -0.15) is 5.10 Å². The van der Waals surface area contributed by atoms with Crippen molar-refractivity contribution in [2.24, 2.45) is 0 Å². The van der Waals surface area contributed by atoms with Gasteiger partial charge in [-0.05, 0) is 56.5 Å². The number of rotatable bonds is 2. The third-order valence-corrected chi connectivity index (χ3v) is 4.02. The van der Waals surface area contributed by atoms with Crippen LogP contribution in [0.1, 0.15) is 39.3 Å². The highest BCUT2D eigenvalue weighted by molar-refractivity contribution is 6.13. The molecule has 1 aliphatic rings. The molecule has 4 nitrogen and oxygen atoms in total. The van der Waals surface area contributed by atoms with E-state index in [-0.39, 0.29) is 5.78 Å². The van der Waals surface area contributed by atoms with E-state index in [1.54, 1.807) is 7.11 Å². The first kappa shape index (κ1) is 13.6. The maximum Gasteiger partial charge on any atom is 0.189 e. The molecule has 1 aliphatic carbocycles. The van der Waals surface area contributed by atoms with Gasteiger partial charge in [-0.3, -0.25) is 9.89 Å². The van der Waals surface area contributed by atoms with Crippen LogP contribution in [0.3, 0.4) is 0 Å². The Hall–Kier alpha value is -2.36. The third-order valence-electron chi connectivity index (χ3n) is 4.02. The standard InChI is InChI=1S/C17H18N2O2/c1-10-16(11(2)19-18-10)9-13-5-4-12-8-14(21-3)6-7-15(12)17(13)20/h6-9H,4-5H2,1-3H3,(H,18,19). The lowest BCUT2D eigenvalue weighted by molar-refractivity contribution is 0.102. The van der Waals surface area contributed by atoms with Crippen LogP contribution in [0, 0.1) is 13.8 Å². The first-order chi connectivity index (χ1) is 10.1.